The van der Waals surface area contributed by atoms with Crippen LogP contribution >= 0.6 is 0 Å². The van der Waals surface area contributed by atoms with Crippen molar-refractivity contribution in [3.8, 4) is 11.1 Å². The molecule has 0 amide bonds. The van der Waals surface area contributed by atoms with E-state index in [9.17, 15) is 8.78 Å². The Kier molecular flexibility index (Phi) is 7.65. The molecule has 1 atom stereocenters. The third-order valence-electron chi connectivity index (χ3n) is 6.62. The van der Waals surface area contributed by atoms with E-state index in [0.29, 0.717) is 11.5 Å². The maximum Gasteiger partial charge on any atom is 0.126 e. The zero-order valence-electron chi connectivity index (χ0n) is 17.4. The van der Waals surface area contributed by atoms with Crippen molar-refractivity contribution >= 4 is 0 Å². The summed E-state index contributed by atoms with van der Waals surface area (Å²) < 4.78 is 26.9. The van der Waals surface area contributed by atoms with Crippen LogP contribution in [-0.2, 0) is 6.42 Å². The molecule has 0 bridgehead atoms. The van der Waals surface area contributed by atoms with Crippen molar-refractivity contribution in [2.45, 2.75) is 71.6 Å². The summed E-state index contributed by atoms with van der Waals surface area (Å²) in [6, 6.07) is 11.9. The van der Waals surface area contributed by atoms with Gasteiger partial charge in [-0.3, -0.25) is 0 Å². The molecule has 0 saturated heterocycles. The van der Waals surface area contributed by atoms with Gasteiger partial charge in [-0.25, -0.2) is 8.78 Å². The molecular formula is C26H34F2. The van der Waals surface area contributed by atoms with Crippen molar-refractivity contribution in [3.05, 3.63) is 59.7 Å². The molecule has 2 aromatic carbocycles. The van der Waals surface area contributed by atoms with Crippen LogP contribution in [0.3, 0.4) is 0 Å². The Labute approximate surface area is 169 Å². The van der Waals surface area contributed by atoms with Crippen molar-refractivity contribution in [1.82, 2.24) is 0 Å². The van der Waals surface area contributed by atoms with Crippen LogP contribution in [0.5, 0.6) is 0 Å². The molecule has 1 unspecified atom stereocenters. The monoisotopic (exact) mass is 384 g/mol. The van der Waals surface area contributed by atoms with Crippen LogP contribution in [0.25, 0.3) is 11.1 Å². The summed E-state index contributed by atoms with van der Waals surface area (Å²) in [5.41, 5.74) is 2.78. The van der Waals surface area contributed by atoms with E-state index in [1.165, 1.54) is 69.1 Å². The lowest BCUT2D eigenvalue weighted by Crippen LogP contribution is -2.21. The molecule has 152 valence electrons. The second kappa shape index (κ2) is 10.2. The number of hydrogen-bond donors (Lipinski definition) is 0. The highest BCUT2D eigenvalue weighted by atomic mass is 19.1. The minimum atomic E-state index is -0.530. The van der Waals surface area contributed by atoms with Crippen molar-refractivity contribution < 1.29 is 8.78 Å². The summed E-state index contributed by atoms with van der Waals surface area (Å²) in [4.78, 5) is 0. The van der Waals surface area contributed by atoms with Crippen LogP contribution in [0.15, 0.2) is 42.5 Å². The number of benzene rings is 2. The fourth-order valence-electron chi connectivity index (χ4n) is 4.82. The minimum Gasteiger partial charge on any atom is -0.207 e. The molecule has 2 heteroatoms. The Morgan fingerprint density at radius 2 is 1.50 bits per heavy atom. The van der Waals surface area contributed by atoms with Gasteiger partial charge < -0.3 is 0 Å². The normalized spacial score (nSPS) is 20.9. The fourth-order valence-corrected chi connectivity index (χ4v) is 4.82. The molecule has 1 aliphatic rings. The van der Waals surface area contributed by atoms with Gasteiger partial charge in [0.2, 0.25) is 0 Å². The van der Waals surface area contributed by atoms with Crippen LogP contribution in [0.1, 0.15) is 70.8 Å². The first-order valence-corrected chi connectivity index (χ1v) is 11.1. The second-order valence-electron chi connectivity index (χ2n) is 8.81. The van der Waals surface area contributed by atoms with Gasteiger partial charge in [0.15, 0.2) is 0 Å². The average molecular weight is 385 g/mol. The van der Waals surface area contributed by atoms with E-state index in [0.717, 1.165) is 29.9 Å². The van der Waals surface area contributed by atoms with Crippen molar-refractivity contribution in [1.29, 1.82) is 0 Å². The van der Waals surface area contributed by atoms with E-state index >= 15 is 0 Å². The Hall–Kier alpha value is -1.70. The molecule has 0 radical (unpaired) electrons. The van der Waals surface area contributed by atoms with Crippen LogP contribution < -0.4 is 0 Å². The zero-order chi connectivity index (χ0) is 19.9. The lowest BCUT2D eigenvalue weighted by Gasteiger charge is -2.32. The first-order chi connectivity index (χ1) is 13.5. The van der Waals surface area contributed by atoms with Crippen molar-refractivity contribution in [2.24, 2.45) is 17.8 Å². The van der Waals surface area contributed by atoms with Gasteiger partial charge in [-0.1, -0.05) is 76.6 Å². The zero-order valence-corrected chi connectivity index (χ0v) is 17.4. The maximum absolute atomic E-state index is 13.4. The van der Waals surface area contributed by atoms with E-state index in [1.807, 2.05) is 12.1 Å². The Morgan fingerprint density at radius 1 is 0.857 bits per heavy atom. The lowest BCUT2D eigenvalue weighted by atomic mass is 9.73. The van der Waals surface area contributed by atoms with E-state index in [2.05, 4.69) is 26.0 Å². The standard InChI is InChI=1S/C26H34F2/c1-3-4-5-6-20-7-11-22(12-8-20)19(2)15-21-9-13-23(14-10-21)24-16-25(27)18-26(28)17-24/h9-10,13-14,16-20,22H,3-8,11-12,15H2,1-2H3. The topological polar surface area (TPSA) is 0 Å². The maximum atomic E-state index is 13.4. The van der Waals surface area contributed by atoms with E-state index in [-0.39, 0.29) is 0 Å². The molecule has 0 nitrogen and oxygen atoms in total. The highest BCUT2D eigenvalue weighted by molar-refractivity contribution is 5.63. The van der Waals surface area contributed by atoms with E-state index in [1.54, 1.807) is 0 Å². The van der Waals surface area contributed by atoms with Crippen LogP contribution in [0.2, 0.25) is 0 Å². The van der Waals surface area contributed by atoms with Gasteiger partial charge in [-0.05, 0) is 65.8 Å². The lowest BCUT2D eigenvalue weighted by molar-refractivity contribution is 0.204. The number of unbranched alkanes of at least 4 members (excludes halogenated alkanes) is 2. The highest BCUT2D eigenvalue weighted by Gasteiger charge is 2.25. The van der Waals surface area contributed by atoms with Gasteiger partial charge in [-0.2, -0.15) is 0 Å². The molecule has 0 heterocycles. The molecule has 2 aromatic rings. The molecule has 28 heavy (non-hydrogen) atoms. The first kappa shape index (κ1) is 21.0. The smallest absolute Gasteiger partial charge is 0.126 e. The molecular weight excluding hydrogens is 350 g/mol. The summed E-state index contributed by atoms with van der Waals surface area (Å²) in [5, 5.41) is 0. The first-order valence-electron chi connectivity index (χ1n) is 11.1. The fraction of sp³-hybridized carbons (Fsp3) is 0.538. The van der Waals surface area contributed by atoms with Gasteiger partial charge in [0.25, 0.3) is 0 Å². The molecule has 0 aromatic heterocycles. The quantitative estimate of drug-likeness (QED) is 0.402. The summed E-state index contributed by atoms with van der Waals surface area (Å²) in [5.74, 6) is 1.42. The van der Waals surface area contributed by atoms with Crippen LogP contribution in [0.4, 0.5) is 8.78 Å². The predicted molar refractivity (Wildman–Crippen MR) is 114 cm³/mol. The number of halogens is 2. The predicted octanol–water partition coefficient (Wildman–Crippen LogP) is 8.20. The largest absolute Gasteiger partial charge is 0.207 e. The highest BCUT2D eigenvalue weighted by Crippen LogP contribution is 2.37. The van der Waals surface area contributed by atoms with Gasteiger partial charge in [0, 0.05) is 6.07 Å². The molecule has 0 spiro atoms. The summed E-state index contributed by atoms with van der Waals surface area (Å²) in [7, 11) is 0. The van der Waals surface area contributed by atoms with Crippen molar-refractivity contribution in [2.75, 3.05) is 0 Å². The Balaban J connectivity index is 1.51. The van der Waals surface area contributed by atoms with Crippen LogP contribution in [-0.4, -0.2) is 0 Å². The van der Waals surface area contributed by atoms with Gasteiger partial charge in [-0.15, -0.1) is 0 Å². The SMILES string of the molecule is CCCCCC1CCC(C(C)Cc2ccc(-c3cc(F)cc(F)c3)cc2)CC1. The molecule has 3 rings (SSSR count). The van der Waals surface area contributed by atoms with Crippen LogP contribution in [0, 0.1) is 29.4 Å². The van der Waals surface area contributed by atoms with Gasteiger partial charge >= 0.3 is 0 Å². The summed E-state index contributed by atoms with van der Waals surface area (Å²) in [6.45, 7) is 4.67. The Morgan fingerprint density at radius 3 is 2.11 bits per heavy atom. The Bertz CT molecular complexity index is 706. The molecule has 0 N–H and O–H groups in total. The molecule has 1 fully saturated rings. The van der Waals surface area contributed by atoms with Gasteiger partial charge in [0.05, 0.1) is 0 Å². The third-order valence-corrected chi connectivity index (χ3v) is 6.62. The second-order valence-corrected chi connectivity index (χ2v) is 8.81. The number of rotatable bonds is 8. The third kappa shape index (κ3) is 5.90. The average Bonchev–Trinajstić information content (AvgIpc) is 2.68. The number of hydrogen-bond acceptors (Lipinski definition) is 0. The summed E-state index contributed by atoms with van der Waals surface area (Å²) >= 11 is 0. The summed E-state index contributed by atoms with van der Waals surface area (Å²) in [6.07, 6.45) is 12.2. The van der Waals surface area contributed by atoms with Gasteiger partial charge in [0.1, 0.15) is 11.6 Å². The van der Waals surface area contributed by atoms with Crippen molar-refractivity contribution in [3.63, 3.8) is 0 Å². The molecule has 1 saturated carbocycles. The van der Waals surface area contributed by atoms with E-state index < -0.39 is 11.6 Å². The van der Waals surface area contributed by atoms with E-state index in [4.69, 9.17) is 0 Å². The minimum absolute atomic E-state index is 0.530. The molecule has 1 aliphatic carbocycles. The molecule has 0 aliphatic heterocycles.